The molecule has 62 valence electrons. The van der Waals surface area contributed by atoms with E-state index in [2.05, 4.69) is 10.6 Å². The van der Waals surface area contributed by atoms with Crippen LogP contribution in [0.2, 0.25) is 0 Å². The molecule has 10 heavy (non-hydrogen) atoms. The quantitative estimate of drug-likeness (QED) is 0.452. The first-order valence-corrected chi connectivity index (χ1v) is 4.31. The lowest BCUT2D eigenvalue weighted by Crippen LogP contribution is -2.41. The Morgan fingerprint density at radius 2 is 2.00 bits per heavy atom. The average Bonchev–Trinajstić information content (AvgIpc) is 1.80. The van der Waals surface area contributed by atoms with Crippen LogP contribution in [0, 0.1) is 0 Å². The zero-order valence-corrected chi connectivity index (χ0v) is 6.77. The first kappa shape index (κ1) is 9.83. The van der Waals surface area contributed by atoms with Crippen LogP contribution < -0.4 is 10.6 Å². The molecule has 0 amide bonds. The van der Waals surface area contributed by atoms with Crippen LogP contribution in [0.4, 0.5) is 0 Å². The van der Waals surface area contributed by atoms with Crippen molar-refractivity contribution in [2.24, 2.45) is 0 Å². The van der Waals surface area contributed by atoms with Gasteiger partial charge in [-0.3, -0.25) is 4.55 Å². The predicted molar refractivity (Wildman–Crippen MR) is 38.3 cm³/mol. The highest BCUT2D eigenvalue weighted by Gasteiger charge is 2.18. The molecule has 0 rings (SSSR count). The molecular weight excluding hydrogens is 156 g/mol. The zero-order valence-electron chi connectivity index (χ0n) is 5.96. The number of likely N-dealkylation sites (N-methyl/N-ethyl adjacent to an activating group) is 2. The van der Waals surface area contributed by atoms with Gasteiger partial charge in [-0.05, 0) is 14.1 Å². The van der Waals surface area contributed by atoms with Gasteiger partial charge in [0, 0.05) is 6.54 Å². The van der Waals surface area contributed by atoms with Gasteiger partial charge in [0.25, 0.3) is 10.1 Å². The van der Waals surface area contributed by atoms with Crippen molar-refractivity contribution in [3.05, 3.63) is 0 Å². The summed E-state index contributed by atoms with van der Waals surface area (Å²) in [5.74, 6) is 0. The molecule has 0 aliphatic heterocycles. The van der Waals surface area contributed by atoms with E-state index in [0.29, 0.717) is 0 Å². The van der Waals surface area contributed by atoms with E-state index in [4.69, 9.17) is 4.55 Å². The Morgan fingerprint density at radius 1 is 1.50 bits per heavy atom. The van der Waals surface area contributed by atoms with E-state index in [1.54, 1.807) is 7.05 Å². The SMILES string of the molecule is CNCC(NC)S(=O)(=O)O. The van der Waals surface area contributed by atoms with Crippen molar-refractivity contribution < 1.29 is 13.0 Å². The lowest BCUT2D eigenvalue weighted by Gasteiger charge is -2.10. The Morgan fingerprint density at radius 3 is 2.10 bits per heavy atom. The highest BCUT2D eigenvalue weighted by atomic mass is 32.2. The molecule has 0 fully saturated rings. The Labute approximate surface area is 60.6 Å². The maximum atomic E-state index is 10.4. The topological polar surface area (TPSA) is 78.4 Å². The fraction of sp³-hybridized carbons (Fsp3) is 1.00. The fourth-order valence-corrected chi connectivity index (χ4v) is 1.22. The van der Waals surface area contributed by atoms with Gasteiger partial charge in [0.2, 0.25) is 0 Å². The molecule has 0 saturated carbocycles. The highest BCUT2D eigenvalue weighted by molar-refractivity contribution is 7.86. The molecule has 0 radical (unpaired) electrons. The Hall–Kier alpha value is -0.170. The summed E-state index contributed by atoms with van der Waals surface area (Å²) >= 11 is 0. The van der Waals surface area contributed by atoms with Gasteiger partial charge in [-0.1, -0.05) is 0 Å². The molecule has 5 nitrogen and oxygen atoms in total. The van der Waals surface area contributed by atoms with Crippen molar-refractivity contribution in [2.75, 3.05) is 20.6 Å². The van der Waals surface area contributed by atoms with E-state index < -0.39 is 15.5 Å². The van der Waals surface area contributed by atoms with Crippen LogP contribution in [-0.2, 0) is 10.1 Å². The van der Waals surface area contributed by atoms with Gasteiger partial charge in [0.05, 0.1) is 0 Å². The zero-order chi connectivity index (χ0) is 8.20. The standard InChI is InChI=1S/C4H12N2O3S/c1-5-3-4(6-2)10(7,8)9/h4-6H,3H2,1-2H3,(H,7,8,9). The third-order valence-corrected chi connectivity index (χ3v) is 2.19. The molecule has 1 atom stereocenters. The number of rotatable bonds is 4. The van der Waals surface area contributed by atoms with E-state index in [1.807, 2.05) is 0 Å². The second-order valence-electron chi connectivity index (χ2n) is 1.85. The lowest BCUT2D eigenvalue weighted by molar-refractivity contribution is 0.452. The smallest absolute Gasteiger partial charge is 0.282 e. The van der Waals surface area contributed by atoms with Gasteiger partial charge in [0.1, 0.15) is 5.37 Å². The second-order valence-corrected chi connectivity index (χ2v) is 3.45. The molecule has 6 heteroatoms. The van der Waals surface area contributed by atoms with Gasteiger partial charge in [0.15, 0.2) is 0 Å². The minimum atomic E-state index is -3.95. The van der Waals surface area contributed by atoms with E-state index in [9.17, 15) is 8.42 Å². The van der Waals surface area contributed by atoms with Crippen LogP contribution in [0.3, 0.4) is 0 Å². The minimum absolute atomic E-state index is 0.190. The molecule has 0 saturated heterocycles. The molecule has 0 aromatic rings. The monoisotopic (exact) mass is 168 g/mol. The number of hydrogen-bond acceptors (Lipinski definition) is 4. The normalized spacial score (nSPS) is 15.1. The molecule has 0 aromatic heterocycles. The first-order valence-electron chi connectivity index (χ1n) is 2.80. The van der Waals surface area contributed by atoms with Crippen molar-refractivity contribution in [1.82, 2.24) is 10.6 Å². The van der Waals surface area contributed by atoms with Crippen molar-refractivity contribution in [3.63, 3.8) is 0 Å². The summed E-state index contributed by atoms with van der Waals surface area (Å²) in [5, 5.41) is 4.15. The molecule has 1 unspecified atom stereocenters. The summed E-state index contributed by atoms with van der Waals surface area (Å²) in [6.45, 7) is 0.190. The Balaban J connectivity index is 4.08. The van der Waals surface area contributed by atoms with Gasteiger partial charge < -0.3 is 10.6 Å². The largest absolute Gasteiger partial charge is 0.317 e. The van der Waals surface area contributed by atoms with Crippen molar-refractivity contribution in [3.8, 4) is 0 Å². The highest BCUT2D eigenvalue weighted by Crippen LogP contribution is 1.90. The van der Waals surface area contributed by atoms with Gasteiger partial charge >= 0.3 is 0 Å². The van der Waals surface area contributed by atoms with Crippen LogP contribution in [0.25, 0.3) is 0 Å². The van der Waals surface area contributed by atoms with Crippen LogP contribution in [0.15, 0.2) is 0 Å². The summed E-state index contributed by atoms with van der Waals surface area (Å²) in [6, 6.07) is 0. The third kappa shape index (κ3) is 3.11. The van der Waals surface area contributed by atoms with E-state index in [0.717, 1.165) is 0 Å². The van der Waals surface area contributed by atoms with Crippen LogP contribution in [0.1, 0.15) is 0 Å². The molecular formula is C4H12N2O3S. The second kappa shape index (κ2) is 3.87. The van der Waals surface area contributed by atoms with Crippen molar-refractivity contribution in [2.45, 2.75) is 5.37 Å². The van der Waals surface area contributed by atoms with E-state index >= 15 is 0 Å². The third-order valence-electron chi connectivity index (χ3n) is 1.07. The lowest BCUT2D eigenvalue weighted by atomic mass is 10.6. The predicted octanol–water partition coefficient (Wildman–Crippen LogP) is -1.36. The molecule has 3 N–H and O–H groups in total. The fourth-order valence-electron chi connectivity index (χ4n) is 0.542. The van der Waals surface area contributed by atoms with Crippen LogP contribution >= 0.6 is 0 Å². The summed E-state index contributed by atoms with van der Waals surface area (Å²) < 4.78 is 29.3. The maximum absolute atomic E-state index is 10.4. The van der Waals surface area contributed by atoms with Crippen molar-refractivity contribution >= 4 is 10.1 Å². The number of nitrogens with one attached hydrogen (secondary N) is 2. The average molecular weight is 168 g/mol. The van der Waals surface area contributed by atoms with Crippen LogP contribution in [-0.4, -0.2) is 39.0 Å². The summed E-state index contributed by atoms with van der Waals surface area (Å²) in [4.78, 5) is 0. The Kier molecular flexibility index (Phi) is 3.80. The molecule has 0 bridgehead atoms. The minimum Gasteiger partial charge on any atom is -0.317 e. The Bertz CT molecular complexity index is 177. The molecule has 0 heterocycles. The van der Waals surface area contributed by atoms with Crippen molar-refractivity contribution in [1.29, 1.82) is 0 Å². The van der Waals surface area contributed by atoms with Crippen LogP contribution in [0.5, 0.6) is 0 Å². The van der Waals surface area contributed by atoms with Gasteiger partial charge in [-0.25, -0.2) is 0 Å². The van der Waals surface area contributed by atoms with Gasteiger partial charge in [-0.2, -0.15) is 8.42 Å². The molecule has 0 spiro atoms. The summed E-state index contributed by atoms with van der Waals surface area (Å²) in [5.41, 5.74) is 0. The summed E-state index contributed by atoms with van der Waals surface area (Å²) in [6.07, 6.45) is 0. The van der Waals surface area contributed by atoms with Gasteiger partial charge in [-0.15, -0.1) is 0 Å². The maximum Gasteiger partial charge on any atom is 0.282 e. The number of hydrogen-bond donors (Lipinski definition) is 3. The molecule has 0 aliphatic carbocycles. The molecule has 0 aliphatic rings. The molecule has 0 aromatic carbocycles. The van der Waals surface area contributed by atoms with E-state index in [1.165, 1.54) is 7.05 Å². The van der Waals surface area contributed by atoms with E-state index in [-0.39, 0.29) is 6.54 Å². The summed E-state index contributed by atoms with van der Waals surface area (Å²) in [7, 11) is -0.876. The first-order chi connectivity index (χ1) is 4.52.